The van der Waals surface area contributed by atoms with Gasteiger partial charge in [0.25, 0.3) is 0 Å². The van der Waals surface area contributed by atoms with Gasteiger partial charge in [-0.1, -0.05) is 0 Å². The van der Waals surface area contributed by atoms with Gasteiger partial charge in [0.2, 0.25) is 0 Å². The van der Waals surface area contributed by atoms with E-state index in [9.17, 15) is 0 Å². The first-order valence-corrected chi connectivity index (χ1v) is 7.61. The van der Waals surface area contributed by atoms with Crippen LogP contribution in [-0.2, 0) is 0 Å². The molecule has 0 aromatic carbocycles. The van der Waals surface area contributed by atoms with E-state index in [0.717, 1.165) is 24.0 Å². The molecule has 96 valence electrons. The summed E-state index contributed by atoms with van der Waals surface area (Å²) in [4.78, 5) is 5.49. The van der Waals surface area contributed by atoms with Crippen LogP contribution in [0.15, 0.2) is 0 Å². The van der Waals surface area contributed by atoms with Crippen molar-refractivity contribution in [3.8, 4) is 0 Å². The molecule has 1 aliphatic carbocycles. The monoisotopic (exact) mass is 235 g/mol. The standard InChI is InChI=1S/C14H25N3/c1-2-12(1)15-13-5-8-17(9-13)14-10-16-6-3-11(14)4-7-16/h11-15H,1-10H2. The van der Waals surface area contributed by atoms with Gasteiger partial charge in [0.15, 0.2) is 0 Å². The SMILES string of the molecule is C1CC1NC1CCN(C2CN3CCC2CC3)C1. The molecular formula is C14H25N3. The first-order valence-electron chi connectivity index (χ1n) is 7.61. The molecule has 2 atom stereocenters. The molecule has 1 N–H and O–H groups in total. The second kappa shape index (κ2) is 4.22. The number of nitrogens with zero attached hydrogens (tertiary/aromatic N) is 2. The molecule has 4 saturated heterocycles. The van der Waals surface area contributed by atoms with Gasteiger partial charge in [0, 0.05) is 37.8 Å². The lowest BCUT2D eigenvalue weighted by Gasteiger charge is -2.48. The van der Waals surface area contributed by atoms with E-state index < -0.39 is 0 Å². The summed E-state index contributed by atoms with van der Waals surface area (Å²) in [5.41, 5.74) is 0. The molecule has 0 aromatic rings. The van der Waals surface area contributed by atoms with Crippen LogP contribution < -0.4 is 5.32 Å². The van der Waals surface area contributed by atoms with Crippen LogP contribution in [0.25, 0.3) is 0 Å². The van der Waals surface area contributed by atoms with E-state index in [2.05, 4.69) is 15.1 Å². The highest BCUT2D eigenvalue weighted by molar-refractivity contribution is 4.97. The van der Waals surface area contributed by atoms with Gasteiger partial charge in [-0.2, -0.15) is 0 Å². The van der Waals surface area contributed by atoms with E-state index in [0.29, 0.717) is 0 Å². The average molecular weight is 235 g/mol. The van der Waals surface area contributed by atoms with E-state index >= 15 is 0 Å². The van der Waals surface area contributed by atoms with Gasteiger partial charge >= 0.3 is 0 Å². The number of rotatable bonds is 3. The summed E-state index contributed by atoms with van der Waals surface area (Å²) < 4.78 is 0. The van der Waals surface area contributed by atoms with Crippen molar-refractivity contribution in [1.82, 2.24) is 15.1 Å². The summed E-state index contributed by atoms with van der Waals surface area (Å²) in [5, 5.41) is 3.81. The average Bonchev–Trinajstić information content (AvgIpc) is 3.06. The van der Waals surface area contributed by atoms with Gasteiger partial charge in [-0.05, 0) is 51.1 Å². The lowest BCUT2D eigenvalue weighted by molar-refractivity contribution is 0.0148. The predicted molar refractivity (Wildman–Crippen MR) is 69.1 cm³/mol. The number of hydrogen-bond donors (Lipinski definition) is 1. The molecule has 1 saturated carbocycles. The Kier molecular flexibility index (Phi) is 2.67. The molecule has 3 nitrogen and oxygen atoms in total. The van der Waals surface area contributed by atoms with Crippen molar-refractivity contribution in [2.75, 3.05) is 32.7 Å². The van der Waals surface area contributed by atoms with E-state index in [1.165, 1.54) is 64.8 Å². The Balaban J connectivity index is 1.36. The van der Waals surface area contributed by atoms with Crippen LogP contribution in [-0.4, -0.2) is 60.6 Å². The summed E-state index contributed by atoms with van der Waals surface area (Å²) >= 11 is 0. The van der Waals surface area contributed by atoms with Crippen LogP contribution in [0.5, 0.6) is 0 Å². The highest BCUT2D eigenvalue weighted by Crippen LogP contribution is 2.33. The van der Waals surface area contributed by atoms with Crippen LogP contribution in [0, 0.1) is 5.92 Å². The lowest BCUT2D eigenvalue weighted by Crippen LogP contribution is -2.57. The van der Waals surface area contributed by atoms with Gasteiger partial charge in [0.05, 0.1) is 0 Å². The van der Waals surface area contributed by atoms with Crippen molar-refractivity contribution in [3.63, 3.8) is 0 Å². The summed E-state index contributed by atoms with van der Waals surface area (Å²) in [6, 6.07) is 2.58. The third-order valence-corrected chi connectivity index (χ3v) is 5.36. The minimum Gasteiger partial charge on any atom is -0.310 e. The Labute approximate surface area is 105 Å². The van der Waals surface area contributed by atoms with Crippen molar-refractivity contribution in [2.45, 2.75) is 50.2 Å². The fourth-order valence-corrected chi connectivity index (χ4v) is 4.16. The summed E-state index contributed by atoms with van der Waals surface area (Å²) in [5.74, 6) is 1.01. The molecule has 5 aliphatic rings. The first kappa shape index (κ1) is 10.8. The molecule has 4 aliphatic heterocycles. The Bertz CT molecular complexity index is 281. The van der Waals surface area contributed by atoms with Gasteiger partial charge in [-0.15, -0.1) is 0 Å². The minimum atomic E-state index is 0.804. The lowest BCUT2D eigenvalue weighted by atomic mass is 9.83. The summed E-state index contributed by atoms with van der Waals surface area (Å²) in [7, 11) is 0. The Morgan fingerprint density at radius 2 is 1.59 bits per heavy atom. The third-order valence-electron chi connectivity index (χ3n) is 5.36. The van der Waals surface area contributed by atoms with E-state index in [4.69, 9.17) is 0 Å². The van der Waals surface area contributed by atoms with Gasteiger partial charge in [-0.25, -0.2) is 0 Å². The Hall–Kier alpha value is -0.120. The Morgan fingerprint density at radius 1 is 0.765 bits per heavy atom. The second-order valence-electron chi connectivity index (χ2n) is 6.63. The molecular weight excluding hydrogens is 210 g/mol. The number of piperidine rings is 3. The fourth-order valence-electron chi connectivity index (χ4n) is 4.16. The summed E-state index contributed by atoms with van der Waals surface area (Å²) in [6.07, 6.45) is 7.16. The summed E-state index contributed by atoms with van der Waals surface area (Å²) in [6.45, 7) is 6.78. The highest BCUT2D eigenvalue weighted by Gasteiger charge is 2.40. The van der Waals surface area contributed by atoms with Crippen LogP contribution in [0.3, 0.4) is 0 Å². The Morgan fingerprint density at radius 3 is 2.24 bits per heavy atom. The maximum Gasteiger partial charge on any atom is 0.0253 e. The number of likely N-dealkylation sites (tertiary alicyclic amines) is 1. The largest absolute Gasteiger partial charge is 0.310 e. The van der Waals surface area contributed by atoms with Gasteiger partial charge < -0.3 is 10.2 Å². The van der Waals surface area contributed by atoms with E-state index in [1.807, 2.05) is 0 Å². The third kappa shape index (κ3) is 2.13. The van der Waals surface area contributed by atoms with Crippen molar-refractivity contribution in [1.29, 1.82) is 0 Å². The zero-order valence-corrected chi connectivity index (χ0v) is 10.8. The maximum atomic E-state index is 3.81. The number of fused-ring (bicyclic) bond motifs is 3. The van der Waals surface area contributed by atoms with E-state index in [-0.39, 0.29) is 0 Å². The topological polar surface area (TPSA) is 18.5 Å². The van der Waals surface area contributed by atoms with Crippen LogP contribution in [0.4, 0.5) is 0 Å². The normalized spacial score (nSPS) is 46.6. The molecule has 5 rings (SSSR count). The fraction of sp³-hybridized carbons (Fsp3) is 1.00. The molecule has 4 heterocycles. The predicted octanol–water partition coefficient (Wildman–Crippen LogP) is 0.907. The zero-order chi connectivity index (χ0) is 11.2. The van der Waals surface area contributed by atoms with Gasteiger partial charge in [0.1, 0.15) is 0 Å². The molecule has 0 spiro atoms. The molecule has 2 unspecified atom stereocenters. The van der Waals surface area contributed by atoms with Crippen LogP contribution in [0.1, 0.15) is 32.1 Å². The van der Waals surface area contributed by atoms with Crippen LogP contribution in [0.2, 0.25) is 0 Å². The molecule has 0 radical (unpaired) electrons. The molecule has 0 aromatic heterocycles. The zero-order valence-electron chi connectivity index (χ0n) is 10.8. The van der Waals surface area contributed by atoms with Crippen molar-refractivity contribution >= 4 is 0 Å². The molecule has 0 amide bonds. The van der Waals surface area contributed by atoms with Crippen molar-refractivity contribution in [3.05, 3.63) is 0 Å². The van der Waals surface area contributed by atoms with Crippen molar-refractivity contribution < 1.29 is 0 Å². The quantitative estimate of drug-likeness (QED) is 0.784. The molecule has 2 bridgehead atoms. The second-order valence-corrected chi connectivity index (χ2v) is 6.63. The van der Waals surface area contributed by atoms with Crippen LogP contribution >= 0.6 is 0 Å². The maximum absolute atomic E-state index is 3.81. The molecule has 3 heteroatoms. The van der Waals surface area contributed by atoms with E-state index in [1.54, 1.807) is 0 Å². The number of nitrogens with one attached hydrogen (secondary N) is 1. The van der Waals surface area contributed by atoms with Crippen molar-refractivity contribution in [2.24, 2.45) is 5.92 Å². The highest BCUT2D eigenvalue weighted by atomic mass is 15.3. The minimum absolute atomic E-state index is 0.804. The molecule has 17 heavy (non-hydrogen) atoms. The number of hydrogen-bond acceptors (Lipinski definition) is 3. The van der Waals surface area contributed by atoms with Gasteiger partial charge in [-0.3, -0.25) is 4.90 Å². The smallest absolute Gasteiger partial charge is 0.0253 e. The molecule has 5 fully saturated rings. The first-order chi connectivity index (χ1) is 8.38.